The standard InChI is InChI=1S/C18H16FNO4/c1-18(13-4-6-14(19)7-5-13)10-16(11-18)24-17(21)12-2-8-15(9-3-12)20(22)23/h2-9,16H,10-11H2,1H3/t16-,18+. The van der Waals surface area contributed by atoms with Gasteiger partial charge in [0, 0.05) is 12.1 Å². The maximum atomic E-state index is 13.0. The van der Waals surface area contributed by atoms with Crippen LogP contribution in [-0.4, -0.2) is 17.0 Å². The smallest absolute Gasteiger partial charge is 0.338 e. The van der Waals surface area contributed by atoms with Crippen molar-refractivity contribution in [1.82, 2.24) is 0 Å². The minimum atomic E-state index is -0.519. The summed E-state index contributed by atoms with van der Waals surface area (Å²) < 4.78 is 18.4. The lowest BCUT2D eigenvalue weighted by atomic mass is 9.64. The van der Waals surface area contributed by atoms with E-state index < -0.39 is 10.9 Å². The summed E-state index contributed by atoms with van der Waals surface area (Å²) in [7, 11) is 0. The van der Waals surface area contributed by atoms with Crippen LogP contribution in [0, 0.1) is 15.9 Å². The number of carbonyl (C=O) groups is 1. The zero-order chi connectivity index (χ0) is 17.3. The van der Waals surface area contributed by atoms with Crippen molar-refractivity contribution in [1.29, 1.82) is 0 Å². The van der Waals surface area contributed by atoms with E-state index in [1.807, 2.05) is 0 Å². The third-order valence-electron chi connectivity index (χ3n) is 4.49. The maximum Gasteiger partial charge on any atom is 0.338 e. The number of hydrogen-bond acceptors (Lipinski definition) is 4. The number of esters is 1. The SMILES string of the molecule is C[C@]1(c2ccc(F)cc2)C[C@@H](OC(=O)c2ccc([N+](=O)[O-])cc2)C1. The van der Waals surface area contributed by atoms with Crippen LogP contribution in [0.25, 0.3) is 0 Å². The molecule has 1 aliphatic carbocycles. The summed E-state index contributed by atoms with van der Waals surface area (Å²) in [5.41, 5.74) is 1.11. The van der Waals surface area contributed by atoms with Gasteiger partial charge in [0.15, 0.2) is 0 Å². The van der Waals surface area contributed by atoms with Crippen LogP contribution in [0.4, 0.5) is 10.1 Å². The molecule has 5 nitrogen and oxygen atoms in total. The van der Waals surface area contributed by atoms with Crippen LogP contribution in [0.5, 0.6) is 0 Å². The normalized spacial score (nSPS) is 22.5. The molecule has 0 unspecified atom stereocenters. The zero-order valence-corrected chi connectivity index (χ0v) is 13.1. The topological polar surface area (TPSA) is 69.4 Å². The number of nitrogens with zero attached hydrogens (tertiary/aromatic N) is 1. The van der Waals surface area contributed by atoms with E-state index in [9.17, 15) is 19.3 Å². The van der Waals surface area contributed by atoms with Crippen LogP contribution in [0.1, 0.15) is 35.7 Å². The number of hydrogen-bond donors (Lipinski definition) is 0. The average molecular weight is 329 g/mol. The number of nitro groups is 1. The number of ether oxygens (including phenoxy) is 1. The third kappa shape index (κ3) is 3.13. The number of carbonyl (C=O) groups excluding carboxylic acids is 1. The molecule has 0 spiro atoms. The highest BCUT2D eigenvalue weighted by Crippen LogP contribution is 2.45. The molecule has 1 saturated carbocycles. The van der Waals surface area contributed by atoms with Crippen molar-refractivity contribution in [3.8, 4) is 0 Å². The van der Waals surface area contributed by atoms with E-state index in [1.165, 1.54) is 36.4 Å². The minimum absolute atomic E-state index is 0.0703. The van der Waals surface area contributed by atoms with Crippen LogP contribution < -0.4 is 0 Å². The molecule has 0 aliphatic heterocycles. The van der Waals surface area contributed by atoms with Gasteiger partial charge in [0.2, 0.25) is 0 Å². The predicted octanol–water partition coefficient (Wildman–Crippen LogP) is 4.01. The molecule has 124 valence electrons. The molecule has 0 N–H and O–H groups in total. The summed E-state index contributed by atoms with van der Waals surface area (Å²) in [6.45, 7) is 2.05. The van der Waals surface area contributed by atoms with E-state index in [0.29, 0.717) is 12.8 Å². The lowest BCUT2D eigenvalue weighted by Gasteiger charge is -2.44. The van der Waals surface area contributed by atoms with Gasteiger partial charge in [-0.3, -0.25) is 10.1 Å². The van der Waals surface area contributed by atoms with Gasteiger partial charge < -0.3 is 4.74 Å². The molecular weight excluding hydrogens is 313 g/mol. The summed E-state index contributed by atoms with van der Waals surface area (Å²) in [4.78, 5) is 22.2. The van der Waals surface area contributed by atoms with Crippen LogP contribution in [0.3, 0.4) is 0 Å². The second-order valence-corrected chi connectivity index (χ2v) is 6.31. The van der Waals surface area contributed by atoms with E-state index >= 15 is 0 Å². The molecule has 3 rings (SSSR count). The van der Waals surface area contributed by atoms with E-state index in [2.05, 4.69) is 6.92 Å². The van der Waals surface area contributed by atoms with E-state index in [4.69, 9.17) is 4.74 Å². The Bertz CT molecular complexity index is 765. The van der Waals surface area contributed by atoms with Crippen LogP contribution in [0.15, 0.2) is 48.5 Å². The monoisotopic (exact) mass is 329 g/mol. The first-order valence-corrected chi connectivity index (χ1v) is 7.59. The molecule has 24 heavy (non-hydrogen) atoms. The molecule has 0 bridgehead atoms. The Morgan fingerprint density at radius 2 is 1.75 bits per heavy atom. The van der Waals surface area contributed by atoms with Gasteiger partial charge in [-0.25, -0.2) is 9.18 Å². The van der Waals surface area contributed by atoms with Crippen molar-refractivity contribution < 1.29 is 18.8 Å². The molecule has 0 saturated heterocycles. The molecule has 0 radical (unpaired) electrons. The van der Waals surface area contributed by atoms with Gasteiger partial charge in [-0.2, -0.15) is 0 Å². The lowest BCUT2D eigenvalue weighted by Crippen LogP contribution is -2.44. The Morgan fingerprint density at radius 3 is 2.29 bits per heavy atom. The summed E-state index contributed by atoms with van der Waals surface area (Å²) in [5, 5.41) is 10.6. The Kier molecular flexibility index (Phi) is 4.05. The fraction of sp³-hybridized carbons (Fsp3) is 0.278. The van der Waals surface area contributed by atoms with Crippen LogP contribution in [-0.2, 0) is 10.2 Å². The molecule has 2 aromatic carbocycles. The molecular formula is C18H16FNO4. The van der Waals surface area contributed by atoms with Gasteiger partial charge in [-0.05, 0) is 48.1 Å². The second-order valence-electron chi connectivity index (χ2n) is 6.31. The van der Waals surface area contributed by atoms with Gasteiger partial charge in [0.05, 0.1) is 10.5 Å². The molecule has 0 atom stereocenters. The van der Waals surface area contributed by atoms with Crippen molar-refractivity contribution in [2.75, 3.05) is 0 Å². The van der Waals surface area contributed by atoms with E-state index in [-0.39, 0.29) is 28.6 Å². The zero-order valence-electron chi connectivity index (χ0n) is 13.1. The van der Waals surface area contributed by atoms with Gasteiger partial charge >= 0.3 is 5.97 Å². The number of rotatable bonds is 4. The van der Waals surface area contributed by atoms with Crippen molar-refractivity contribution in [3.63, 3.8) is 0 Å². The van der Waals surface area contributed by atoms with Crippen molar-refractivity contribution in [2.24, 2.45) is 0 Å². The lowest BCUT2D eigenvalue weighted by molar-refractivity contribution is -0.384. The molecule has 1 fully saturated rings. The molecule has 0 amide bonds. The van der Waals surface area contributed by atoms with Crippen LogP contribution in [0.2, 0.25) is 0 Å². The first-order chi connectivity index (χ1) is 11.4. The highest BCUT2D eigenvalue weighted by molar-refractivity contribution is 5.89. The number of non-ortho nitro benzene ring substituents is 1. The molecule has 2 aromatic rings. The number of halogens is 1. The third-order valence-corrected chi connectivity index (χ3v) is 4.49. The highest BCUT2D eigenvalue weighted by atomic mass is 19.1. The summed E-state index contributed by atoms with van der Waals surface area (Å²) in [5.74, 6) is -0.765. The Labute approximate surface area is 138 Å². The average Bonchev–Trinajstić information content (AvgIpc) is 2.54. The summed E-state index contributed by atoms with van der Waals surface area (Å²) >= 11 is 0. The second kappa shape index (κ2) is 6.03. The van der Waals surface area contributed by atoms with E-state index in [1.54, 1.807) is 12.1 Å². The Morgan fingerprint density at radius 1 is 1.17 bits per heavy atom. The number of benzene rings is 2. The van der Waals surface area contributed by atoms with Crippen molar-refractivity contribution in [2.45, 2.75) is 31.3 Å². The van der Waals surface area contributed by atoms with E-state index in [0.717, 1.165) is 5.56 Å². The van der Waals surface area contributed by atoms with Gasteiger partial charge in [0.25, 0.3) is 5.69 Å². The first-order valence-electron chi connectivity index (χ1n) is 7.59. The maximum absolute atomic E-state index is 13.0. The van der Waals surface area contributed by atoms with Crippen molar-refractivity contribution in [3.05, 3.63) is 75.6 Å². The molecule has 1 aliphatic rings. The highest BCUT2D eigenvalue weighted by Gasteiger charge is 2.43. The van der Waals surface area contributed by atoms with Gasteiger partial charge in [-0.15, -0.1) is 0 Å². The summed E-state index contributed by atoms with van der Waals surface area (Å²) in [6, 6.07) is 11.7. The minimum Gasteiger partial charge on any atom is -0.459 e. The quantitative estimate of drug-likeness (QED) is 0.483. The Hall–Kier alpha value is -2.76. The number of nitro benzene ring substituents is 1. The molecule has 0 heterocycles. The predicted molar refractivity (Wildman–Crippen MR) is 85.3 cm³/mol. The van der Waals surface area contributed by atoms with Crippen LogP contribution >= 0.6 is 0 Å². The largest absolute Gasteiger partial charge is 0.459 e. The van der Waals surface area contributed by atoms with Gasteiger partial charge in [-0.1, -0.05) is 19.1 Å². The van der Waals surface area contributed by atoms with Crippen molar-refractivity contribution >= 4 is 11.7 Å². The fourth-order valence-corrected chi connectivity index (χ4v) is 3.06. The summed E-state index contributed by atoms with van der Waals surface area (Å²) in [6.07, 6.45) is 1.12. The Balaban J connectivity index is 1.59. The fourth-order valence-electron chi connectivity index (χ4n) is 3.06. The first kappa shape index (κ1) is 16.1. The molecule has 6 heteroatoms. The van der Waals surface area contributed by atoms with Gasteiger partial charge in [0.1, 0.15) is 11.9 Å². The molecule has 0 aromatic heterocycles.